The van der Waals surface area contributed by atoms with Crippen LogP contribution in [0.2, 0.25) is 0 Å². The number of hydrogen-bond acceptors (Lipinski definition) is 4. The first-order chi connectivity index (χ1) is 7.25. The van der Waals surface area contributed by atoms with Crippen LogP contribution >= 0.6 is 0 Å². The minimum atomic E-state index is 0.821. The molecule has 1 fully saturated rings. The van der Waals surface area contributed by atoms with Crippen molar-refractivity contribution >= 4 is 5.95 Å². The minimum absolute atomic E-state index is 0.821. The van der Waals surface area contributed by atoms with E-state index in [0.29, 0.717) is 0 Å². The van der Waals surface area contributed by atoms with E-state index in [0.717, 1.165) is 30.7 Å². The molecule has 1 saturated heterocycles. The zero-order valence-corrected chi connectivity index (χ0v) is 9.53. The van der Waals surface area contributed by atoms with Gasteiger partial charge < -0.3 is 4.90 Å². The monoisotopic (exact) mass is 206 g/mol. The van der Waals surface area contributed by atoms with Crippen molar-refractivity contribution < 1.29 is 0 Å². The third kappa shape index (κ3) is 2.64. The molecule has 4 heteroatoms. The van der Waals surface area contributed by atoms with E-state index >= 15 is 0 Å². The highest BCUT2D eigenvalue weighted by Crippen LogP contribution is 2.15. The normalized spacial score (nSPS) is 17.6. The van der Waals surface area contributed by atoms with Crippen molar-refractivity contribution in [1.82, 2.24) is 15.0 Å². The van der Waals surface area contributed by atoms with E-state index < -0.39 is 0 Å². The fourth-order valence-corrected chi connectivity index (χ4v) is 2.01. The Kier molecular flexibility index (Phi) is 3.14. The molecule has 2 rings (SSSR count). The quantitative estimate of drug-likeness (QED) is 0.703. The van der Waals surface area contributed by atoms with Crippen LogP contribution in [0.3, 0.4) is 0 Å². The standard InChI is InChI=1S/C11H18N4/c1-9-12-10(2)14-11(13-9)15-7-5-3-4-6-8-15/h3-8H2,1-2H3. The van der Waals surface area contributed by atoms with E-state index in [1.807, 2.05) is 13.8 Å². The fraction of sp³-hybridized carbons (Fsp3) is 0.727. The highest BCUT2D eigenvalue weighted by atomic mass is 15.3. The summed E-state index contributed by atoms with van der Waals surface area (Å²) in [6, 6.07) is 0. The van der Waals surface area contributed by atoms with Crippen LogP contribution in [0.5, 0.6) is 0 Å². The van der Waals surface area contributed by atoms with Crippen LogP contribution in [-0.2, 0) is 0 Å². The van der Waals surface area contributed by atoms with Gasteiger partial charge in [-0.3, -0.25) is 0 Å². The highest BCUT2D eigenvalue weighted by Gasteiger charge is 2.13. The van der Waals surface area contributed by atoms with Crippen molar-refractivity contribution in [2.75, 3.05) is 18.0 Å². The lowest BCUT2D eigenvalue weighted by Crippen LogP contribution is -2.26. The van der Waals surface area contributed by atoms with E-state index in [9.17, 15) is 0 Å². The molecule has 0 saturated carbocycles. The third-order valence-corrected chi connectivity index (χ3v) is 2.74. The van der Waals surface area contributed by atoms with Crippen LogP contribution in [0.25, 0.3) is 0 Å². The van der Waals surface area contributed by atoms with Gasteiger partial charge in [-0.05, 0) is 26.7 Å². The summed E-state index contributed by atoms with van der Waals surface area (Å²) in [5.41, 5.74) is 0. The van der Waals surface area contributed by atoms with Crippen LogP contribution in [0, 0.1) is 13.8 Å². The molecule has 15 heavy (non-hydrogen) atoms. The molecule has 4 nitrogen and oxygen atoms in total. The number of anilines is 1. The molecule has 1 aliphatic heterocycles. The average molecular weight is 206 g/mol. The Morgan fingerprint density at radius 1 is 0.800 bits per heavy atom. The number of hydrogen-bond donors (Lipinski definition) is 0. The smallest absolute Gasteiger partial charge is 0.228 e. The molecule has 0 N–H and O–H groups in total. The van der Waals surface area contributed by atoms with Gasteiger partial charge in [-0.1, -0.05) is 12.8 Å². The van der Waals surface area contributed by atoms with E-state index in [4.69, 9.17) is 0 Å². The highest BCUT2D eigenvalue weighted by molar-refractivity contribution is 5.29. The molecule has 0 amide bonds. The molecular formula is C11H18N4. The van der Waals surface area contributed by atoms with Crippen LogP contribution in [0.4, 0.5) is 5.95 Å². The second kappa shape index (κ2) is 4.55. The van der Waals surface area contributed by atoms with Gasteiger partial charge in [-0.15, -0.1) is 0 Å². The van der Waals surface area contributed by atoms with Gasteiger partial charge in [0.1, 0.15) is 11.6 Å². The maximum Gasteiger partial charge on any atom is 0.228 e. The van der Waals surface area contributed by atoms with Gasteiger partial charge in [0, 0.05) is 13.1 Å². The summed E-state index contributed by atoms with van der Waals surface area (Å²) >= 11 is 0. The number of aryl methyl sites for hydroxylation is 2. The molecule has 0 unspecified atom stereocenters. The van der Waals surface area contributed by atoms with Crippen molar-refractivity contribution in [2.45, 2.75) is 39.5 Å². The van der Waals surface area contributed by atoms with Crippen molar-refractivity contribution in [3.8, 4) is 0 Å². The molecule has 0 aliphatic carbocycles. The van der Waals surface area contributed by atoms with Gasteiger partial charge in [0.05, 0.1) is 0 Å². The SMILES string of the molecule is Cc1nc(C)nc(N2CCCCCC2)n1. The van der Waals surface area contributed by atoms with Gasteiger partial charge in [-0.2, -0.15) is 9.97 Å². The summed E-state index contributed by atoms with van der Waals surface area (Å²) < 4.78 is 0. The Balaban J connectivity index is 2.19. The maximum absolute atomic E-state index is 4.40. The van der Waals surface area contributed by atoms with Crippen molar-refractivity contribution in [2.24, 2.45) is 0 Å². The minimum Gasteiger partial charge on any atom is -0.341 e. The summed E-state index contributed by atoms with van der Waals surface area (Å²) in [6.07, 6.45) is 5.17. The molecule has 1 aromatic heterocycles. The second-order valence-corrected chi connectivity index (χ2v) is 4.13. The summed E-state index contributed by atoms with van der Waals surface area (Å²) in [5, 5.41) is 0. The summed E-state index contributed by atoms with van der Waals surface area (Å²) in [6.45, 7) is 6.03. The molecule has 0 atom stereocenters. The van der Waals surface area contributed by atoms with Crippen molar-refractivity contribution in [1.29, 1.82) is 0 Å². The van der Waals surface area contributed by atoms with Crippen LogP contribution in [0.1, 0.15) is 37.3 Å². The predicted molar refractivity (Wildman–Crippen MR) is 60.0 cm³/mol. The topological polar surface area (TPSA) is 41.9 Å². The van der Waals surface area contributed by atoms with Gasteiger partial charge in [-0.25, -0.2) is 4.98 Å². The Labute approximate surface area is 90.8 Å². The lowest BCUT2D eigenvalue weighted by atomic mass is 10.2. The largest absolute Gasteiger partial charge is 0.341 e. The first-order valence-electron chi connectivity index (χ1n) is 5.70. The first-order valence-corrected chi connectivity index (χ1v) is 5.70. The zero-order valence-electron chi connectivity index (χ0n) is 9.53. The molecule has 82 valence electrons. The average Bonchev–Trinajstić information content (AvgIpc) is 2.43. The predicted octanol–water partition coefficient (Wildman–Crippen LogP) is 1.87. The summed E-state index contributed by atoms with van der Waals surface area (Å²) in [7, 11) is 0. The maximum atomic E-state index is 4.40. The number of nitrogens with zero attached hydrogens (tertiary/aromatic N) is 4. The fourth-order valence-electron chi connectivity index (χ4n) is 2.01. The molecule has 0 radical (unpaired) electrons. The molecule has 0 aromatic carbocycles. The van der Waals surface area contributed by atoms with Crippen LogP contribution in [0.15, 0.2) is 0 Å². The number of rotatable bonds is 1. The molecule has 2 heterocycles. The van der Waals surface area contributed by atoms with E-state index in [1.54, 1.807) is 0 Å². The molecule has 0 bridgehead atoms. The van der Waals surface area contributed by atoms with E-state index in [-0.39, 0.29) is 0 Å². The lowest BCUT2D eigenvalue weighted by molar-refractivity contribution is 0.726. The van der Waals surface area contributed by atoms with Gasteiger partial charge in [0.25, 0.3) is 0 Å². The Morgan fingerprint density at radius 3 is 1.87 bits per heavy atom. The van der Waals surface area contributed by atoms with Crippen LogP contribution in [-0.4, -0.2) is 28.0 Å². The number of aromatic nitrogens is 3. The third-order valence-electron chi connectivity index (χ3n) is 2.74. The van der Waals surface area contributed by atoms with E-state index in [2.05, 4.69) is 19.9 Å². The second-order valence-electron chi connectivity index (χ2n) is 4.13. The Morgan fingerprint density at radius 2 is 1.33 bits per heavy atom. The van der Waals surface area contributed by atoms with Gasteiger partial charge >= 0.3 is 0 Å². The van der Waals surface area contributed by atoms with Crippen molar-refractivity contribution in [3.63, 3.8) is 0 Å². The molecular weight excluding hydrogens is 188 g/mol. The zero-order chi connectivity index (χ0) is 10.7. The molecule has 1 aromatic rings. The van der Waals surface area contributed by atoms with Crippen LogP contribution < -0.4 is 4.90 Å². The Bertz CT molecular complexity index is 309. The first kappa shape index (κ1) is 10.3. The summed E-state index contributed by atoms with van der Waals surface area (Å²) in [5.74, 6) is 2.50. The Hall–Kier alpha value is -1.19. The summed E-state index contributed by atoms with van der Waals surface area (Å²) in [4.78, 5) is 15.3. The molecule has 0 spiro atoms. The lowest BCUT2D eigenvalue weighted by Gasteiger charge is -2.20. The van der Waals surface area contributed by atoms with Gasteiger partial charge in [0.2, 0.25) is 5.95 Å². The molecule has 1 aliphatic rings. The van der Waals surface area contributed by atoms with Gasteiger partial charge in [0.15, 0.2) is 0 Å². The van der Waals surface area contributed by atoms with E-state index in [1.165, 1.54) is 25.7 Å². The van der Waals surface area contributed by atoms with Crippen molar-refractivity contribution in [3.05, 3.63) is 11.6 Å².